The molecule has 6 nitrogen and oxygen atoms in total. The minimum Gasteiger partial charge on any atom is -0.326 e. The second kappa shape index (κ2) is 11.1. The van der Waals surface area contributed by atoms with Crippen molar-refractivity contribution in [1.29, 1.82) is 0 Å². The number of anilines is 3. The molecule has 1 aliphatic heterocycles. The summed E-state index contributed by atoms with van der Waals surface area (Å²) in [6, 6.07) is 36.1. The van der Waals surface area contributed by atoms with Crippen LogP contribution in [0.15, 0.2) is 120 Å². The lowest BCUT2D eigenvalue weighted by molar-refractivity contribution is -0.136. The first-order valence-corrected chi connectivity index (χ1v) is 12.4. The van der Waals surface area contributed by atoms with Crippen molar-refractivity contribution in [2.45, 2.75) is 18.9 Å². The molecule has 0 spiro atoms. The van der Waals surface area contributed by atoms with E-state index in [-0.39, 0.29) is 18.4 Å². The molecule has 1 N–H and O–H groups in total. The fourth-order valence-electron chi connectivity index (χ4n) is 4.39. The van der Waals surface area contributed by atoms with Crippen LogP contribution in [-0.2, 0) is 9.59 Å². The van der Waals surface area contributed by atoms with Gasteiger partial charge in [-0.3, -0.25) is 14.5 Å². The number of hydrogen-bond donors (Lipinski definition) is 1. The Labute approximate surface area is 220 Å². The lowest BCUT2D eigenvalue weighted by Crippen LogP contribution is -2.30. The smallest absolute Gasteiger partial charge is 0.252 e. The van der Waals surface area contributed by atoms with Crippen LogP contribution >= 0.6 is 11.6 Å². The van der Waals surface area contributed by atoms with E-state index in [0.717, 1.165) is 22.8 Å². The second-order valence-corrected chi connectivity index (χ2v) is 9.06. The lowest BCUT2D eigenvalue weighted by Gasteiger charge is -2.24. The minimum atomic E-state index is -0.425. The summed E-state index contributed by atoms with van der Waals surface area (Å²) in [6.07, 6.45) is 0.152. The van der Waals surface area contributed by atoms with Crippen molar-refractivity contribution in [3.05, 3.63) is 126 Å². The Bertz CT molecular complexity index is 1370. The monoisotopic (exact) mass is 508 g/mol. The van der Waals surface area contributed by atoms with Gasteiger partial charge in [-0.05, 0) is 48.0 Å². The first-order valence-electron chi connectivity index (χ1n) is 12.0. The molecule has 0 saturated carbocycles. The Morgan fingerprint density at radius 2 is 1.43 bits per heavy atom. The number of hydrazone groups is 1. The number of nitrogens with one attached hydrogen (secondary N) is 1. The lowest BCUT2D eigenvalue weighted by atomic mass is 10.0. The van der Waals surface area contributed by atoms with Gasteiger partial charge in [-0.15, -0.1) is 0 Å². The summed E-state index contributed by atoms with van der Waals surface area (Å²) < 4.78 is 0. The quantitative estimate of drug-likeness (QED) is 0.291. The van der Waals surface area contributed by atoms with Gasteiger partial charge in [-0.25, -0.2) is 5.01 Å². The van der Waals surface area contributed by atoms with Crippen molar-refractivity contribution >= 4 is 46.3 Å². The molecule has 0 aromatic heterocycles. The van der Waals surface area contributed by atoms with Crippen LogP contribution in [0.3, 0.4) is 0 Å². The van der Waals surface area contributed by atoms with Gasteiger partial charge in [-0.2, -0.15) is 5.10 Å². The van der Waals surface area contributed by atoms with Crippen molar-refractivity contribution in [3.63, 3.8) is 0 Å². The van der Waals surface area contributed by atoms with Crippen molar-refractivity contribution in [3.8, 4) is 0 Å². The van der Waals surface area contributed by atoms with E-state index < -0.39 is 5.91 Å². The molecular weight excluding hydrogens is 484 g/mol. The number of para-hydroxylation sites is 2. The van der Waals surface area contributed by atoms with Crippen LogP contribution in [-0.4, -0.2) is 22.7 Å². The number of carbonyl (C=O) groups is 2. The predicted molar refractivity (Wildman–Crippen MR) is 148 cm³/mol. The molecule has 1 atom stereocenters. The average molecular weight is 509 g/mol. The van der Waals surface area contributed by atoms with E-state index in [4.69, 9.17) is 16.7 Å². The van der Waals surface area contributed by atoms with Gasteiger partial charge in [0.2, 0.25) is 5.91 Å². The molecule has 0 bridgehead atoms. The Balaban J connectivity index is 1.46. The molecule has 5 rings (SSSR count). The zero-order valence-corrected chi connectivity index (χ0v) is 20.8. The van der Waals surface area contributed by atoms with Gasteiger partial charge in [-0.1, -0.05) is 84.4 Å². The van der Waals surface area contributed by atoms with Crippen LogP contribution in [0.2, 0.25) is 5.02 Å². The molecule has 1 unspecified atom stereocenters. The predicted octanol–water partition coefficient (Wildman–Crippen LogP) is 6.79. The van der Waals surface area contributed by atoms with Gasteiger partial charge in [0.25, 0.3) is 5.91 Å². The highest BCUT2D eigenvalue weighted by atomic mass is 35.5. The molecule has 7 heteroatoms. The van der Waals surface area contributed by atoms with Gasteiger partial charge in [0.1, 0.15) is 12.3 Å². The number of nitrogens with zero attached hydrogens (tertiary/aromatic N) is 3. The van der Waals surface area contributed by atoms with Gasteiger partial charge in [0.15, 0.2) is 0 Å². The molecule has 37 heavy (non-hydrogen) atoms. The van der Waals surface area contributed by atoms with Crippen LogP contribution in [0.25, 0.3) is 0 Å². The normalized spacial score (nSPS) is 14.7. The maximum atomic E-state index is 13.5. The van der Waals surface area contributed by atoms with Gasteiger partial charge in [0, 0.05) is 28.5 Å². The standard InChI is InChI=1S/C30H25ClN4O2/c31-23-13-10-14-24(19-23)32-29(36)21-30(37)35-27(22-11-4-1-5-12-22)20-28(33-35)34(25-15-6-2-7-16-25)26-17-8-3-9-18-26/h1-19,27H,20-21H2,(H,32,36). The van der Waals surface area contributed by atoms with E-state index in [9.17, 15) is 9.59 Å². The zero-order valence-electron chi connectivity index (χ0n) is 20.0. The molecule has 184 valence electrons. The summed E-state index contributed by atoms with van der Waals surface area (Å²) in [5, 5.41) is 9.50. The van der Waals surface area contributed by atoms with Crippen LogP contribution in [0.1, 0.15) is 24.4 Å². The van der Waals surface area contributed by atoms with Crippen LogP contribution < -0.4 is 10.2 Å². The maximum absolute atomic E-state index is 13.5. The summed E-state index contributed by atoms with van der Waals surface area (Å²) in [4.78, 5) is 28.2. The summed E-state index contributed by atoms with van der Waals surface area (Å²) >= 11 is 6.02. The van der Waals surface area contributed by atoms with Crippen molar-refractivity contribution in [1.82, 2.24) is 5.01 Å². The topological polar surface area (TPSA) is 65.0 Å². The molecule has 2 amide bonds. The van der Waals surface area contributed by atoms with E-state index >= 15 is 0 Å². The maximum Gasteiger partial charge on any atom is 0.252 e. The third-order valence-electron chi connectivity index (χ3n) is 6.04. The second-order valence-electron chi connectivity index (χ2n) is 8.63. The van der Waals surface area contributed by atoms with Crippen molar-refractivity contribution in [2.75, 3.05) is 10.2 Å². The third-order valence-corrected chi connectivity index (χ3v) is 6.28. The molecule has 0 saturated heterocycles. The summed E-state index contributed by atoms with van der Waals surface area (Å²) in [7, 11) is 0. The van der Waals surface area contributed by atoms with Crippen LogP contribution in [0.5, 0.6) is 0 Å². The largest absolute Gasteiger partial charge is 0.326 e. The Hall–Kier alpha value is -4.42. The number of carbonyl (C=O) groups excluding carboxylic acids is 2. The molecule has 0 radical (unpaired) electrons. The first kappa shape index (κ1) is 24.3. The molecule has 1 heterocycles. The molecule has 0 fully saturated rings. The van der Waals surface area contributed by atoms with E-state index in [0.29, 0.717) is 17.1 Å². The van der Waals surface area contributed by atoms with Crippen LogP contribution in [0, 0.1) is 0 Å². The van der Waals surface area contributed by atoms with E-state index in [1.165, 1.54) is 5.01 Å². The number of amidine groups is 1. The number of rotatable bonds is 6. The average Bonchev–Trinajstić information content (AvgIpc) is 3.36. The molecule has 0 aliphatic carbocycles. The number of amides is 2. The summed E-state index contributed by atoms with van der Waals surface area (Å²) in [5.74, 6) is -0.0926. The number of benzene rings is 4. The van der Waals surface area contributed by atoms with Crippen LogP contribution in [0.4, 0.5) is 17.1 Å². The van der Waals surface area contributed by atoms with Crippen molar-refractivity contribution in [2.24, 2.45) is 5.10 Å². The van der Waals surface area contributed by atoms with Gasteiger partial charge in [0.05, 0.1) is 6.04 Å². The van der Waals surface area contributed by atoms with E-state index in [1.807, 2.05) is 91.0 Å². The van der Waals surface area contributed by atoms with E-state index in [2.05, 4.69) is 10.2 Å². The molecular formula is C30H25ClN4O2. The summed E-state index contributed by atoms with van der Waals surface area (Å²) in [6.45, 7) is 0. The third kappa shape index (κ3) is 5.71. The highest BCUT2D eigenvalue weighted by Gasteiger charge is 2.36. The Morgan fingerprint density at radius 1 is 0.838 bits per heavy atom. The fourth-order valence-corrected chi connectivity index (χ4v) is 4.58. The van der Waals surface area contributed by atoms with E-state index in [1.54, 1.807) is 24.3 Å². The highest BCUT2D eigenvalue weighted by Crippen LogP contribution is 2.36. The minimum absolute atomic E-state index is 0.336. The van der Waals surface area contributed by atoms with Gasteiger partial charge < -0.3 is 5.32 Å². The fraction of sp³-hybridized carbons (Fsp3) is 0.100. The SMILES string of the molecule is O=C(CC(=O)N1N=C(N(c2ccccc2)c2ccccc2)CC1c1ccccc1)Nc1cccc(Cl)c1. The summed E-state index contributed by atoms with van der Waals surface area (Å²) in [5.41, 5.74) is 3.36. The number of halogens is 1. The zero-order chi connectivity index (χ0) is 25.6. The van der Waals surface area contributed by atoms with Gasteiger partial charge >= 0.3 is 0 Å². The number of hydrogen-bond acceptors (Lipinski definition) is 4. The van der Waals surface area contributed by atoms with Crippen molar-refractivity contribution < 1.29 is 9.59 Å². The molecule has 4 aromatic carbocycles. The molecule has 1 aliphatic rings. The molecule has 4 aromatic rings. The first-order chi connectivity index (χ1) is 18.1. The highest BCUT2D eigenvalue weighted by molar-refractivity contribution is 6.30. The Morgan fingerprint density at radius 3 is 2.03 bits per heavy atom. The Kier molecular flexibility index (Phi) is 7.28.